The minimum Gasteiger partial charge on any atom is -0.372 e. The first-order valence-corrected chi connectivity index (χ1v) is 9.75. The van der Waals surface area contributed by atoms with Crippen molar-refractivity contribution >= 4 is 23.2 Å². The van der Waals surface area contributed by atoms with Crippen molar-refractivity contribution in [2.45, 2.75) is 20.3 Å². The van der Waals surface area contributed by atoms with Crippen LogP contribution in [0.15, 0.2) is 59.9 Å². The van der Waals surface area contributed by atoms with E-state index in [2.05, 4.69) is 62.0 Å². The van der Waals surface area contributed by atoms with Gasteiger partial charge in [-0.25, -0.2) is 4.99 Å². The van der Waals surface area contributed by atoms with E-state index in [1.54, 1.807) is 24.5 Å². The van der Waals surface area contributed by atoms with Crippen LogP contribution < -0.4 is 20.9 Å². The molecule has 1 aromatic carbocycles. The highest BCUT2D eigenvalue weighted by atomic mass is 16.1. The summed E-state index contributed by atoms with van der Waals surface area (Å²) in [5.41, 5.74) is 1.90. The molecule has 0 radical (unpaired) electrons. The van der Waals surface area contributed by atoms with Crippen molar-refractivity contribution in [1.82, 2.24) is 15.6 Å². The maximum Gasteiger partial charge on any atom is 0.246 e. The van der Waals surface area contributed by atoms with E-state index in [0.29, 0.717) is 11.6 Å². The number of carbonyl (C=O) groups is 1. The third kappa shape index (κ3) is 7.65. The number of carbonyl (C=O) groups excluding carboxylic acids is 1. The number of nitrogens with zero attached hydrogens (tertiary/aromatic N) is 3. The van der Waals surface area contributed by atoms with E-state index in [0.717, 1.165) is 32.6 Å². The zero-order chi connectivity index (χ0) is 20.0. The first-order valence-electron chi connectivity index (χ1n) is 9.75. The first kappa shape index (κ1) is 21.2. The largest absolute Gasteiger partial charge is 0.372 e. The molecule has 2 rings (SSSR count). The number of benzene rings is 1. The van der Waals surface area contributed by atoms with E-state index in [1.807, 2.05) is 13.0 Å². The van der Waals surface area contributed by atoms with Crippen molar-refractivity contribution in [3.63, 3.8) is 0 Å². The van der Waals surface area contributed by atoms with Crippen LogP contribution >= 0.6 is 0 Å². The Bertz CT molecular complexity index is 720. The quantitative estimate of drug-likeness (QED) is 0.334. The van der Waals surface area contributed by atoms with Gasteiger partial charge in [0.05, 0.1) is 11.9 Å². The Labute approximate surface area is 167 Å². The fraction of sp³-hybridized carbons (Fsp3) is 0.381. The van der Waals surface area contributed by atoms with Crippen LogP contribution in [0, 0.1) is 0 Å². The van der Waals surface area contributed by atoms with Gasteiger partial charge in [0.25, 0.3) is 0 Å². The van der Waals surface area contributed by atoms with E-state index in [-0.39, 0.29) is 12.5 Å². The molecule has 0 saturated carbocycles. The maximum atomic E-state index is 12.0. The van der Waals surface area contributed by atoms with Gasteiger partial charge in [-0.3, -0.25) is 9.78 Å². The summed E-state index contributed by atoms with van der Waals surface area (Å²) < 4.78 is 0. The molecule has 7 heteroatoms. The fourth-order valence-corrected chi connectivity index (χ4v) is 2.72. The summed E-state index contributed by atoms with van der Waals surface area (Å²) in [6.45, 7) is 7.64. The normalized spacial score (nSPS) is 11.0. The number of pyridine rings is 1. The SMILES string of the molecule is CCNC(=NCC(=O)Nc1cccnc1)NCCCN(CC)c1ccccc1. The standard InChI is InChI=1S/C21H30N6O/c1-3-23-21(25-17-20(28)26-18-10-8-13-22-16-18)24-14-9-15-27(4-2)19-11-6-5-7-12-19/h5-8,10-13,16H,3-4,9,14-15,17H2,1-2H3,(H,26,28)(H2,23,24,25). The number of amides is 1. The summed E-state index contributed by atoms with van der Waals surface area (Å²) >= 11 is 0. The van der Waals surface area contributed by atoms with Gasteiger partial charge in [0.1, 0.15) is 6.54 Å². The zero-order valence-electron chi connectivity index (χ0n) is 16.7. The lowest BCUT2D eigenvalue weighted by Crippen LogP contribution is -2.39. The van der Waals surface area contributed by atoms with Gasteiger partial charge in [-0.1, -0.05) is 18.2 Å². The number of rotatable bonds is 10. The highest BCUT2D eigenvalue weighted by molar-refractivity contribution is 5.93. The molecule has 1 aromatic heterocycles. The van der Waals surface area contributed by atoms with Gasteiger partial charge in [0, 0.05) is 38.1 Å². The number of nitrogens with one attached hydrogen (secondary N) is 3. The number of guanidine groups is 1. The zero-order valence-corrected chi connectivity index (χ0v) is 16.7. The molecule has 0 spiro atoms. The lowest BCUT2D eigenvalue weighted by molar-refractivity contribution is -0.114. The van der Waals surface area contributed by atoms with Crippen molar-refractivity contribution in [1.29, 1.82) is 0 Å². The molecule has 1 amide bonds. The first-order chi connectivity index (χ1) is 13.7. The van der Waals surface area contributed by atoms with Crippen LogP contribution in [-0.4, -0.2) is 49.6 Å². The van der Waals surface area contributed by atoms with Crippen molar-refractivity contribution < 1.29 is 4.79 Å². The second-order valence-electron chi connectivity index (χ2n) is 6.18. The topological polar surface area (TPSA) is 81.6 Å². The van der Waals surface area contributed by atoms with E-state index < -0.39 is 0 Å². The predicted octanol–water partition coefficient (Wildman–Crippen LogP) is 2.49. The molecule has 0 bridgehead atoms. The van der Waals surface area contributed by atoms with Crippen LogP contribution in [0.2, 0.25) is 0 Å². The Morgan fingerprint density at radius 3 is 2.61 bits per heavy atom. The average molecular weight is 383 g/mol. The Kier molecular flexibility index (Phi) is 9.34. The monoisotopic (exact) mass is 382 g/mol. The molecule has 0 atom stereocenters. The van der Waals surface area contributed by atoms with Crippen LogP contribution in [0.5, 0.6) is 0 Å². The van der Waals surface area contributed by atoms with Gasteiger partial charge in [-0.05, 0) is 44.5 Å². The minimum absolute atomic E-state index is 0.0509. The molecule has 1 heterocycles. The number of hydrogen-bond donors (Lipinski definition) is 3. The molecule has 28 heavy (non-hydrogen) atoms. The third-order valence-electron chi connectivity index (χ3n) is 4.07. The number of hydrogen-bond acceptors (Lipinski definition) is 4. The molecular formula is C21H30N6O. The van der Waals surface area contributed by atoms with Crippen LogP contribution in [0.25, 0.3) is 0 Å². The molecule has 0 saturated heterocycles. The van der Waals surface area contributed by atoms with E-state index in [4.69, 9.17) is 0 Å². The van der Waals surface area contributed by atoms with E-state index >= 15 is 0 Å². The Balaban J connectivity index is 1.76. The van der Waals surface area contributed by atoms with Gasteiger partial charge in [-0.2, -0.15) is 0 Å². The minimum atomic E-state index is -0.175. The fourth-order valence-electron chi connectivity index (χ4n) is 2.72. The summed E-state index contributed by atoms with van der Waals surface area (Å²) in [5, 5.41) is 9.24. The van der Waals surface area contributed by atoms with Gasteiger partial charge >= 0.3 is 0 Å². The van der Waals surface area contributed by atoms with Crippen LogP contribution in [0.1, 0.15) is 20.3 Å². The van der Waals surface area contributed by atoms with Crippen molar-refractivity contribution in [2.75, 3.05) is 42.9 Å². The molecular weight excluding hydrogens is 352 g/mol. The lowest BCUT2D eigenvalue weighted by atomic mass is 10.2. The van der Waals surface area contributed by atoms with Crippen molar-refractivity contribution in [3.05, 3.63) is 54.9 Å². The van der Waals surface area contributed by atoms with Crippen LogP contribution in [0.4, 0.5) is 11.4 Å². The maximum absolute atomic E-state index is 12.0. The number of para-hydroxylation sites is 1. The molecule has 0 fully saturated rings. The summed E-state index contributed by atoms with van der Waals surface area (Å²) in [4.78, 5) is 22.7. The summed E-state index contributed by atoms with van der Waals surface area (Å²) in [7, 11) is 0. The summed E-state index contributed by atoms with van der Waals surface area (Å²) in [6, 6.07) is 14.0. The highest BCUT2D eigenvalue weighted by Crippen LogP contribution is 2.12. The molecule has 7 nitrogen and oxygen atoms in total. The molecule has 0 aliphatic rings. The number of aliphatic imine (C=N–C) groups is 1. The van der Waals surface area contributed by atoms with Crippen molar-refractivity contribution in [3.8, 4) is 0 Å². The van der Waals surface area contributed by atoms with Crippen LogP contribution in [0.3, 0.4) is 0 Å². The molecule has 150 valence electrons. The summed E-state index contributed by atoms with van der Waals surface area (Å²) in [6.07, 6.45) is 4.24. The molecule has 0 unspecified atom stereocenters. The summed E-state index contributed by atoms with van der Waals surface area (Å²) in [5.74, 6) is 0.470. The van der Waals surface area contributed by atoms with E-state index in [9.17, 15) is 4.79 Å². The molecule has 0 aliphatic heterocycles. The third-order valence-corrected chi connectivity index (χ3v) is 4.07. The van der Waals surface area contributed by atoms with Gasteiger partial charge < -0.3 is 20.9 Å². The highest BCUT2D eigenvalue weighted by Gasteiger charge is 2.05. The molecule has 2 aromatic rings. The van der Waals surface area contributed by atoms with Gasteiger partial charge in [0.15, 0.2) is 5.96 Å². The average Bonchev–Trinajstić information content (AvgIpc) is 2.73. The Hall–Kier alpha value is -3.09. The lowest BCUT2D eigenvalue weighted by Gasteiger charge is -2.23. The van der Waals surface area contributed by atoms with Gasteiger partial charge in [-0.15, -0.1) is 0 Å². The molecule has 3 N–H and O–H groups in total. The molecule has 0 aliphatic carbocycles. The Morgan fingerprint density at radius 1 is 1.11 bits per heavy atom. The number of aromatic nitrogens is 1. The second kappa shape index (κ2) is 12.3. The predicted molar refractivity (Wildman–Crippen MR) is 116 cm³/mol. The smallest absolute Gasteiger partial charge is 0.246 e. The second-order valence-corrected chi connectivity index (χ2v) is 6.18. The van der Waals surface area contributed by atoms with Gasteiger partial charge in [0.2, 0.25) is 5.91 Å². The Morgan fingerprint density at radius 2 is 1.93 bits per heavy atom. The van der Waals surface area contributed by atoms with Crippen molar-refractivity contribution in [2.24, 2.45) is 4.99 Å². The number of anilines is 2. The van der Waals surface area contributed by atoms with E-state index in [1.165, 1.54) is 5.69 Å². The van der Waals surface area contributed by atoms with Crippen LogP contribution in [-0.2, 0) is 4.79 Å².